The van der Waals surface area contributed by atoms with Crippen LogP contribution in [0.1, 0.15) is 12.5 Å². The first-order valence-electron chi connectivity index (χ1n) is 4.72. The zero-order chi connectivity index (χ0) is 10.4. The largest absolute Gasteiger partial charge is 0.508 e. The van der Waals surface area contributed by atoms with Gasteiger partial charge in [-0.2, -0.15) is 0 Å². The Kier molecular flexibility index (Phi) is 4.43. The second-order valence-corrected chi connectivity index (χ2v) is 3.41. The predicted octanol–water partition coefficient (Wildman–Crippen LogP) is 1.52. The molecule has 14 heavy (non-hydrogen) atoms. The first-order valence-corrected chi connectivity index (χ1v) is 4.72. The van der Waals surface area contributed by atoms with E-state index in [2.05, 4.69) is 12.2 Å². The van der Waals surface area contributed by atoms with Crippen LogP contribution in [0.2, 0.25) is 0 Å². The minimum absolute atomic E-state index is 0.309. The van der Waals surface area contributed by atoms with Crippen molar-refractivity contribution < 1.29 is 9.84 Å². The smallest absolute Gasteiger partial charge is 0.115 e. The minimum atomic E-state index is 0.309. The Morgan fingerprint density at radius 2 is 2.29 bits per heavy atom. The van der Waals surface area contributed by atoms with E-state index in [1.165, 1.54) is 0 Å². The van der Waals surface area contributed by atoms with Gasteiger partial charge in [0.1, 0.15) is 5.75 Å². The third kappa shape index (κ3) is 3.77. The Bertz CT molecular complexity index is 276. The van der Waals surface area contributed by atoms with E-state index in [1.807, 2.05) is 12.1 Å². The van der Waals surface area contributed by atoms with Crippen LogP contribution in [0.15, 0.2) is 24.3 Å². The highest BCUT2D eigenvalue weighted by Crippen LogP contribution is 2.10. The zero-order valence-electron chi connectivity index (χ0n) is 8.66. The summed E-state index contributed by atoms with van der Waals surface area (Å²) in [7, 11) is 1.69. The topological polar surface area (TPSA) is 41.5 Å². The number of benzene rings is 1. The van der Waals surface area contributed by atoms with E-state index in [0.29, 0.717) is 18.4 Å². The number of ether oxygens (including phenoxy) is 1. The molecular weight excluding hydrogens is 178 g/mol. The van der Waals surface area contributed by atoms with Crippen LogP contribution >= 0.6 is 0 Å². The molecule has 1 atom stereocenters. The van der Waals surface area contributed by atoms with Gasteiger partial charge in [0.25, 0.3) is 0 Å². The number of methoxy groups -OCH3 is 1. The molecule has 0 heterocycles. The van der Waals surface area contributed by atoms with Crippen LogP contribution in [0.4, 0.5) is 0 Å². The molecule has 3 nitrogen and oxygen atoms in total. The van der Waals surface area contributed by atoms with Crippen molar-refractivity contribution in [3.8, 4) is 5.75 Å². The van der Waals surface area contributed by atoms with E-state index in [-0.39, 0.29) is 0 Å². The molecule has 0 bridgehead atoms. The molecule has 0 fully saturated rings. The molecule has 0 aliphatic rings. The summed E-state index contributed by atoms with van der Waals surface area (Å²) in [4.78, 5) is 0. The summed E-state index contributed by atoms with van der Waals surface area (Å²) in [5.41, 5.74) is 1.08. The molecule has 0 spiro atoms. The summed E-state index contributed by atoms with van der Waals surface area (Å²) in [6.45, 7) is 3.50. The van der Waals surface area contributed by atoms with Crippen molar-refractivity contribution in [3.63, 3.8) is 0 Å². The highest BCUT2D eigenvalue weighted by Gasteiger charge is 2.00. The van der Waals surface area contributed by atoms with Crippen molar-refractivity contribution in [1.29, 1.82) is 0 Å². The summed E-state index contributed by atoms with van der Waals surface area (Å²) in [6, 6.07) is 7.57. The van der Waals surface area contributed by atoms with Gasteiger partial charge in [0, 0.05) is 19.7 Å². The quantitative estimate of drug-likeness (QED) is 0.748. The fourth-order valence-corrected chi connectivity index (χ4v) is 1.27. The molecule has 1 rings (SSSR count). The van der Waals surface area contributed by atoms with Crippen molar-refractivity contribution in [2.45, 2.75) is 19.5 Å². The number of phenolic OH excluding ortho intramolecular Hbond substituents is 1. The standard InChI is InChI=1S/C11H17NO2/c1-9(8-14-2)12-7-10-4-3-5-11(13)6-10/h3-6,9,12-13H,7-8H2,1-2H3/t9-/m0/s1. The Labute approximate surface area is 84.7 Å². The van der Waals surface area contributed by atoms with Gasteiger partial charge < -0.3 is 15.2 Å². The average molecular weight is 195 g/mol. The summed E-state index contributed by atoms with van der Waals surface area (Å²) in [6.07, 6.45) is 0. The molecule has 0 aromatic heterocycles. The Morgan fingerprint density at radius 3 is 2.93 bits per heavy atom. The lowest BCUT2D eigenvalue weighted by Crippen LogP contribution is -2.29. The number of nitrogens with one attached hydrogen (secondary N) is 1. The first kappa shape index (κ1) is 11.0. The summed E-state index contributed by atoms with van der Waals surface area (Å²) in [5, 5.41) is 12.5. The number of hydrogen-bond acceptors (Lipinski definition) is 3. The molecule has 0 radical (unpaired) electrons. The normalized spacial score (nSPS) is 12.7. The molecule has 0 saturated carbocycles. The highest BCUT2D eigenvalue weighted by molar-refractivity contribution is 5.26. The zero-order valence-corrected chi connectivity index (χ0v) is 8.66. The number of rotatable bonds is 5. The summed E-state index contributed by atoms with van der Waals surface area (Å²) in [5.74, 6) is 0.309. The lowest BCUT2D eigenvalue weighted by Gasteiger charge is -2.12. The van der Waals surface area contributed by atoms with Crippen LogP contribution in [0, 0.1) is 0 Å². The van der Waals surface area contributed by atoms with Crippen molar-refractivity contribution in [2.24, 2.45) is 0 Å². The molecule has 0 saturated heterocycles. The predicted molar refractivity (Wildman–Crippen MR) is 56.3 cm³/mol. The third-order valence-electron chi connectivity index (χ3n) is 1.98. The molecule has 0 amide bonds. The van der Waals surface area contributed by atoms with Gasteiger partial charge in [-0.15, -0.1) is 0 Å². The van der Waals surface area contributed by atoms with Crippen LogP contribution in [-0.2, 0) is 11.3 Å². The van der Waals surface area contributed by atoms with Gasteiger partial charge in [-0.25, -0.2) is 0 Å². The molecule has 0 aliphatic heterocycles. The van der Waals surface area contributed by atoms with Crippen LogP contribution in [0.5, 0.6) is 5.75 Å². The second-order valence-electron chi connectivity index (χ2n) is 3.41. The maximum absolute atomic E-state index is 9.23. The number of phenols is 1. The molecule has 1 aromatic rings. The van der Waals surface area contributed by atoms with Crippen LogP contribution in [0.25, 0.3) is 0 Å². The highest BCUT2D eigenvalue weighted by atomic mass is 16.5. The van der Waals surface area contributed by atoms with Gasteiger partial charge >= 0.3 is 0 Å². The van der Waals surface area contributed by atoms with Crippen LogP contribution < -0.4 is 5.32 Å². The third-order valence-corrected chi connectivity index (χ3v) is 1.98. The lowest BCUT2D eigenvalue weighted by atomic mass is 10.2. The second kappa shape index (κ2) is 5.62. The fraction of sp³-hybridized carbons (Fsp3) is 0.455. The van der Waals surface area contributed by atoms with Crippen LogP contribution in [-0.4, -0.2) is 24.9 Å². The minimum Gasteiger partial charge on any atom is -0.508 e. The van der Waals surface area contributed by atoms with Gasteiger partial charge in [0.15, 0.2) is 0 Å². The SMILES string of the molecule is COC[C@H](C)NCc1cccc(O)c1. The van der Waals surface area contributed by atoms with Crippen molar-refractivity contribution in [2.75, 3.05) is 13.7 Å². The molecule has 78 valence electrons. The monoisotopic (exact) mass is 195 g/mol. The van der Waals surface area contributed by atoms with Gasteiger partial charge in [0.2, 0.25) is 0 Å². The van der Waals surface area contributed by atoms with Crippen LogP contribution in [0.3, 0.4) is 0 Å². The molecule has 1 aromatic carbocycles. The lowest BCUT2D eigenvalue weighted by molar-refractivity contribution is 0.171. The van der Waals surface area contributed by atoms with Gasteiger partial charge in [0.05, 0.1) is 6.61 Å². The molecular formula is C11H17NO2. The Morgan fingerprint density at radius 1 is 1.50 bits per heavy atom. The Hall–Kier alpha value is -1.06. The average Bonchev–Trinajstić information content (AvgIpc) is 2.15. The van der Waals surface area contributed by atoms with E-state index in [4.69, 9.17) is 4.74 Å². The van der Waals surface area contributed by atoms with Gasteiger partial charge in [-0.3, -0.25) is 0 Å². The number of aromatic hydroxyl groups is 1. The maximum atomic E-state index is 9.23. The van der Waals surface area contributed by atoms with Gasteiger partial charge in [-0.1, -0.05) is 12.1 Å². The van der Waals surface area contributed by atoms with E-state index in [9.17, 15) is 5.11 Å². The Balaban J connectivity index is 2.37. The van der Waals surface area contributed by atoms with Crippen molar-refractivity contribution in [1.82, 2.24) is 5.32 Å². The van der Waals surface area contributed by atoms with E-state index in [1.54, 1.807) is 19.2 Å². The molecule has 2 N–H and O–H groups in total. The van der Waals surface area contributed by atoms with Crippen molar-refractivity contribution >= 4 is 0 Å². The number of hydrogen-bond donors (Lipinski definition) is 2. The molecule has 0 unspecified atom stereocenters. The first-order chi connectivity index (χ1) is 6.72. The summed E-state index contributed by atoms with van der Waals surface area (Å²) < 4.78 is 5.00. The summed E-state index contributed by atoms with van der Waals surface area (Å²) >= 11 is 0. The maximum Gasteiger partial charge on any atom is 0.115 e. The van der Waals surface area contributed by atoms with E-state index < -0.39 is 0 Å². The van der Waals surface area contributed by atoms with Gasteiger partial charge in [-0.05, 0) is 24.6 Å². The van der Waals surface area contributed by atoms with Crippen molar-refractivity contribution in [3.05, 3.63) is 29.8 Å². The van der Waals surface area contributed by atoms with E-state index >= 15 is 0 Å². The fourth-order valence-electron chi connectivity index (χ4n) is 1.27. The van der Waals surface area contributed by atoms with E-state index in [0.717, 1.165) is 12.1 Å². The molecule has 3 heteroatoms. The molecule has 0 aliphatic carbocycles.